The first kappa shape index (κ1) is 22.8. The first-order chi connectivity index (χ1) is 15.8. The summed E-state index contributed by atoms with van der Waals surface area (Å²) in [7, 11) is 1.65. The third kappa shape index (κ3) is 5.17. The van der Waals surface area contributed by atoms with Crippen LogP contribution in [-0.4, -0.2) is 35.3 Å². The SMILES string of the molecule is COc1ccc(N=C(C)N2CCc3nc(C(=O)Nc4cc(C(C)C)ccc4N)sc3C2)cc1. The summed E-state index contributed by atoms with van der Waals surface area (Å²) in [5.74, 6) is 1.87. The van der Waals surface area contributed by atoms with Gasteiger partial charge in [0.15, 0.2) is 5.01 Å². The number of hydrogen-bond acceptors (Lipinski definition) is 6. The van der Waals surface area contributed by atoms with Gasteiger partial charge in [0.2, 0.25) is 0 Å². The third-order valence-corrected chi connectivity index (χ3v) is 6.82. The number of amides is 1. The number of hydrogen-bond donors (Lipinski definition) is 2. The van der Waals surface area contributed by atoms with Gasteiger partial charge < -0.3 is 20.7 Å². The monoisotopic (exact) mass is 463 g/mol. The molecular formula is C25H29N5O2S. The molecule has 172 valence electrons. The minimum absolute atomic E-state index is 0.225. The number of carbonyl (C=O) groups excluding carboxylic acids is 1. The highest BCUT2D eigenvalue weighted by molar-refractivity contribution is 7.13. The summed E-state index contributed by atoms with van der Waals surface area (Å²) in [6.07, 6.45) is 0.777. The van der Waals surface area contributed by atoms with Crippen molar-refractivity contribution in [1.82, 2.24) is 9.88 Å². The molecule has 2 heterocycles. The van der Waals surface area contributed by atoms with Gasteiger partial charge in [-0.2, -0.15) is 0 Å². The lowest BCUT2D eigenvalue weighted by atomic mass is 10.0. The Hall–Kier alpha value is -3.39. The molecule has 1 aliphatic heterocycles. The number of anilines is 2. The van der Waals surface area contributed by atoms with Crippen LogP contribution >= 0.6 is 11.3 Å². The Kier molecular flexibility index (Phi) is 6.65. The zero-order chi connectivity index (χ0) is 23.5. The molecule has 0 spiro atoms. The standard InChI is InChI=1S/C25H29N5O2S/c1-15(2)17-5-10-20(26)22(13-17)28-24(31)25-29-21-11-12-30(14-23(21)33-25)16(3)27-18-6-8-19(32-4)9-7-18/h5-10,13,15H,11-12,14,26H2,1-4H3,(H,28,31). The number of aliphatic imine (C=N–C) groups is 1. The van der Waals surface area contributed by atoms with Crippen LogP contribution < -0.4 is 15.8 Å². The van der Waals surface area contributed by atoms with Crippen LogP contribution in [0.5, 0.6) is 5.75 Å². The van der Waals surface area contributed by atoms with Gasteiger partial charge in [0, 0.05) is 17.8 Å². The zero-order valence-corrected chi connectivity index (χ0v) is 20.2. The van der Waals surface area contributed by atoms with Crippen LogP contribution in [0.3, 0.4) is 0 Å². The number of rotatable bonds is 5. The van der Waals surface area contributed by atoms with E-state index in [1.165, 1.54) is 11.3 Å². The Balaban J connectivity index is 1.47. The molecule has 2 aromatic carbocycles. The van der Waals surface area contributed by atoms with Crippen molar-refractivity contribution in [2.45, 2.75) is 39.7 Å². The Morgan fingerprint density at radius 2 is 2.00 bits per heavy atom. The Morgan fingerprint density at radius 3 is 2.70 bits per heavy atom. The van der Waals surface area contributed by atoms with Crippen LogP contribution in [0.15, 0.2) is 47.5 Å². The fourth-order valence-corrected chi connectivity index (χ4v) is 4.72. The lowest BCUT2D eigenvalue weighted by Gasteiger charge is -2.27. The number of carbonyl (C=O) groups is 1. The third-order valence-electron chi connectivity index (χ3n) is 5.74. The van der Waals surface area contributed by atoms with Gasteiger partial charge in [-0.05, 0) is 54.8 Å². The van der Waals surface area contributed by atoms with E-state index in [0.29, 0.717) is 28.8 Å². The van der Waals surface area contributed by atoms with E-state index in [9.17, 15) is 4.79 Å². The fourth-order valence-electron chi connectivity index (χ4n) is 3.70. The zero-order valence-electron chi connectivity index (χ0n) is 19.4. The number of nitrogen functional groups attached to an aromatic ring is 1. The molecule has 0 atom stereocenters. The summed E-state index contributed by atoms with van der Waals surface area (Å²) in [5, 5.41) is 3.40. The van der Waals surface area contributed by atoms with Gasteiger partial charge in [0.25, 0.3) is 5.91 Å². The molecule has 1 amide bonds. The van der Waals surface area contributed by atoms with E-state index in [2.05, 4.69) is 29.0 Å². The van der Waals surface area contributed by atoms with E-state index in [1.54, 1.807) is 7.11 Å². The van der Waals surface area contributed by atoms with Crippen LogP contribution in [0.1, 0.15) is 52.6 Å². The molecule has 0 fully saturated rings. The first-order valence-electron chi connectivity index (χ1n) is 11.0. The second kappa shape index (κ2) is 9.62. The first-order valence-corrected chi connectivity index (χ1v) is 11.8. The lowest BCUT2D eigenvalue weighted by Crippen LogP contribution is -2.33. The highest BCUT2D eigenvalue weighted by Crippen LogP contribution is 2.29. The summed E-state index contributed by atoms with van der Waals surface area (Å²) < 4.78 is 5.21. The van der Waals surface area contributed by atoms with Crippen LogP contribution in [0.4, 0.5) is 17.1 Å². The Morgan fingerprint density at radius 1 is 1.24 bits per heavy atom. The number of nitrogens with two attached hydrogens (primary N) is 1. The molecular weight excluding hydrogens is 434 g/mol. The molecule has 1 aromatic heterocycles. The van der Waals surface area contributed by atoms with Gasteiger partial charge in [-0.25, -0.2) is 9.98 Å². The summed E-state index contributed by atoms with van der Waals surface area (Å²) in [4.78, 5) is 25.6. The van der Waals surface area contributed by atoms with Crippen LogP contribution in [0, 0.1) is 0 Å². The van der Waals surface area contributed by atoms with E-state index < -0.39 is 0 Å². The maximum absolute atomic E-state index is 12.9. The number of nitrogens with zero attached hydrogens (tertiary/aromatic N) is 3. The number of ether oxygens (including phenoxy) is 1. The molecule has 3 N–H and O–H groups in total. The fraction of sp³-hybridized carbons (Fsp3) is 0.320. The number of aromatic nitrogens is 1. The summed E-state index contributed by atoms with van der Waals surface area (Å²) in [6.45, 7) is 7.73. The number of thiazole rings is 1. The summed E-state index contributed by atoms with van der Waals surface area (Å²) in [5.41, 5.74) is 10.3. The van der Waals surface area contributed by atoms with E-state index in [4.69, 9.17) is 15.5 Å². The molecule has 0 saturated carbocycles. The number of nitrogens with one attached hydrogen (secondary N) is 1. The second-order valence-electron chi connectivity index (χ2n) is 8.37. The molecule has 33 heavy (non-hydrogen) atoms. The van der Waals surface area contributed by atoms with Gasteiger partial charge in [-0.3, -0.25) is 4.79 Å². The molecule has 0 bridgehead atoms. The van der Waals surface area contributed by atoms with Crippen LogP contribution in [0.2, 0.25) is 0 Å². The number of amidine groups is 1. The van der Waals surface area contributed by atoms with Crippen molar-refractivity contribution in [3.05, 3.63) is 63.6 Å². The highest BCUT2D eigenvalue weighted by Gasteiger charge is 2.24. The molecule has 7 nitrogen and oxygen atoms in total. The van der Waals surface area contributed by atoms with E-state index in [-0.39, 0.29) is 5.91 Å². The van der Waals surface area contributed by atoms with Gasteiger partial charge in [-0.15, -0.1) is 11.3 Å². The van der Waals surface area contributed by atoms with Crippen molar-refractivity contribution in [2.24, 2.45) is 4.99 Å². The molecule has 8 heteroatoms. The van der Waals surface area contributed by atoms with Crippen molar-refractivity contribution < 1.29 is 9.53 Å². The van der Waals surface area contributed by atoms with E-state index in [1.807, 2.05) is 49.4 Å². The predicted molar refractivity (Wildman–Crippen MR) is 135 cm³/mol. The average molecular weight is 464 g/mol. The minimum Gasteiger partial charge on any atom is -0.497 e. The van der Waals surface area contributed by atoms with Gasteiger partial charge in [-0.1, -0.05) is 19.9 Å². The highest BCUT2D eigenvalue weighted by atomic mass is 32.1. The van der Waals surface area contributed by atoms with Crippen molar-refractivity contribution in [1.29, 1.82) is 0 Å². The second-order valence-corrected chi connectivity index (χ2v) is 9.46. The van der Waals surface area contributed by atoms with Crippen molar-refractivity contribution in [2.75, 3.05) is 24.7 Å². The molecule has 1 aliphatic rings. The van der Waals surface area contributed by atoms with E-state index in [0.717, 1.165) is 46.4 Å². The summed E-state index contributed by atoms with van der Waals surface area (Å²) in [6, 6.07) is 13.4. The maximum atomic E-state index is 12.9. The number of methoxy groups -OCH3 is 1. The topological polar surface area (TPSA) is 92.8 Å². The number of fused-ring (bicyclic) bond motifs is 1. The Labute approximate surface area is 198 Å². The minimum atomic E-state index is -0.225. The largest absolute Gasteiger partial charge is 0.497 e. The molecule has 0 aliphatic carbocycles. The van der Waals surface area contributed by atoms with Gasteiger partial charge in [0.05, 0.1) is 36.4 Å². The molecule has 0 saturated heterocycles. The quantitative estimate of drug-likeness (QED) is 0.307. The predicted octanol–water partition coefficient (Wildman–Crippen LogP) is 5.22. The van der Waals surface area contributed by atoms with Crippen LogP contribution in [-0.2, 0) is 13.0 Å². The normalized spacial score (nSPS) is 13.7. The molecule has 4 rings (SSSR count). The van der Waals surface area contributed by atoms with Gasteiger partial charge >= 0.3 is 0 Å². The van der Waals surface area contributed by atoms with Crippen molar-refractivity contribution in [3.8, 4) is 5.75 Å². The number of benzene rings is 2. The summed E-state index contributed by atoms with van der Waals surface area (Å²) >= 11 is 1.43. The van der Waals surface area contributed by atoms with Crippen LogP contribution in [0.25, 0.3) is 0 Å². The molecule has 0 radical (unpaired) electrons. The molecule has 3 aromatic rings. The van der Waals surface area contributed by atoms with Gasteiger partial charge in [0.1, 0.15) is 11.6 Å². The maximum Gasteiger partial charge on any atom is 0.284 e. The molecule has 0 unspecified atom stereocenters. The lowest BCUT2D eigenvalue weighted by molar-refractivity contribution is 0.102. The smallest absolute Gasteiger partial charge is 0.284 e. The van der Waals surface area contributed by atoms with Crippen molar-refractivity contribution in [3.63, 3.8) is 0 Å². The Bertz CT molecular complexity index is 1180. The van der Waals surface area contributed by atoms with Crippen molar-refractivity contribution >= 4 is 40.1 Å². The average Bonchev–Trinajstić information content (AvgIpc) is 3.24. The van der Waals surface area contributed by atoms with E-state index >= 15 is 0 Å².